The van der Waals surface area contributed by atoms with Crippen LogP contribution < -0.4 is 5.32 Å². The fraction of sp³-hybridized carbons (Fsp3) is 0.579. The first-order valence-corrected chi connectivity index (χ1v) is 10.9. The highest BCUT2D eigenvalue weighted by molar-refractivity contribution is 7.89. The van der Waals surface area contributed by atoms with Crippen molar-refractivity contribution < 1.29 is 27.5 Å². The Bertz CT molecular complexity index is 757. The molecule has 1 saturated heterocycles. The highest BCUT2D eigenvalue weighted by Gasteiger charge is 2.26. The van der Waals surface area contributed by atoms with Gasteiger partial charge in [-0.15, -0.1) is 0 Å². The molecular formula is C19H28N2O6S. The molecule has 1 atom stereocenters. The number of benzene rings is 1. The van der Waals surface area contributed by atoms with Gasteiger partial charge in [0.1, 0.15) is 0 Å². The zero-order valence-electron chi connectivity index (χ0n) is 16.3. The molecule has 9 heteroatoms. The summed E-state index contributed by atoms with van der Waals surface area (Å²) in [7, 11) is -3.52. The molecule has 0 aliphatic carbocycles. The highest BCUT2D eigenvalue weighted by Crippen LogP contribution is 2.18. The lowest BCUT2D eigenvalue weighted by molar-refractivity contribution is -0.148. The number of hydrogen-bond acceptors (Lipinski definition) is 6. The third kappa shape index (κ3) is 6.57. The maximum atomic E-state index is 12.6. The van der Waals surface area contributed by atoms with Crippen molar-refractivity contribution >= 4 is 21.9 Å². The first kappa shape index (κ1) is 22.3. The molecule has 1 aliphatic heterocycles. The van der Waals surface area contributed by atoms with Gasteiger partial charge in [-0.3, -0.25) is 9.59 Å². The average Bonchev–Trinajstić information content (AvgIpc) is 2.71. The van der Waals surface area contributed by atoms with Gasteiger partial charge in [-0.1, -0.05) is 19.1 Å². The lowest BCUT2D eigenvalue weighted by Gasteiger charge is -2.26. The van der Waals surface area contributed by atoms with E-state index < -0.39 is 16.0 Å². The largest absolute Gasteiger partial charge is 0.456 e. The molecule has 1 fully saturated rings. The number of esters is 1. The van der Waals surface area contributed by atoms with Crippen LogP contribution in [-0.2, 0) is 35.5 Å². The SMILES string of the molecule is CC[C@@H](C)NC(=O)COC(=O)CCc1ccc(S(=O)(=O)N2CCOCC2)cc1. The topological polar surface area (TPSA) is 102 Å². The molecule has 28 heavy (non-hydrogen) atoms. The number of nitrogens with one attached hydrogen (secondary N) is 1. The second-order valence-corrected chi connectivity index (χ2v) is 8.64. The molecule has 0 radical (unpaired) electrons. The zero-order valence-corrected chi connectivity index (χ0v) is 17.2. The molecule has 0 unspecified atom stereocenters. The molecule has 156 valence electrons. The normalized spacial score (nSPS) is 16.4. The zero-order chi connectivity index (χ0) is 20.6. The number of morpholine rings is 1. The van der Waals surface area contributed by atoms with Crippen LogP contribution in [0.3, 0.4) is 0 Å². The maximum absolute atomic E-state index is 12.6. The van der Waals surface area contributed by atoms with E-state index in [0.717, 1.165) is 12.0 Å². The molecule has 1 amide bonds. The predicted molar refractivity (Wildman–Crippen MR) is 103 cm³/mol. The summed E-state index contributed by atoms with van der Waals surface area (Å²) in [6.45, 7) is 5.03. The van der Waals surface area contributed by atoms with Gasteiger partial charge in [-0.25, -0.2) is 8.42 Å². The summed E-state index contributed by atoms with van der Waals surface area (Å²) < 4.78 is 36.7. The lowest BCUT2D eigenvalue weighted by Crippen LogP contribution is -2.40. The van der Waals surface area contributed by atoms with Crippen LogP contribution in [0.2, 0.25) is 0 Å². The van der Waals surface area contributed by atoms with Crippen LogP contribution in [0, 0.1) is 0 Å². The number of nitrogens with zero attached hydrogens (tertiary/aromatic N) is 1. The van der Waals surface area contributed by atoms with Gasteiger partial charge in [0.25, 0.3) is 5.91 Å². The van der Waals surface area contributed by atoms with Crippen LogP contribution in [0.1, 0.15) is 32.3 Å². The second kappa shape index (κ2) is 10.5. The monoisotopic (exact) mass is 412 g/mol. The van der Waals surface area contributed by atoms with Crippen molar-refractivity contribution in [2.24, 2.45) is 0 Å². The fourth-order valence-electron chi connectivity index (χ4n) is 2.65. The van der Waals surface area contributed by atoms with Crippen molar-refractivity contribution in [2.75, 3.05) is 32.9 Å². The van der Waals surface area contributed by atoms with Gasteiger partial charge in [0.2, 0.25) is 10.0 Å². The molecule has 0 spiro atoms. The van der Waals surface area contributed by atoms with E-state index in [1.54, 1.807) is 24.3 Å². The minimum atomic E-state index is -3.52. The van der Waals surface area contributed by atoms with Crippen molar-refractivity contribution in [1.29, 1.82) is 0 Å². The molecule has 1 aromatic rings. The van der Waals surface area contributed by atoms with E-state index in [9.17, 15) is 18.0 Å². The van der Waals surface area contributed by atoms with Crippen molar-refractivity contribution in [3.05, 3.63) is 29.8 Å². The molecular weight excluding hydrogens is 384 g/mol. The molecule has 1 aliphatic rings. The number of carbonyl (C=O) groups is 2. The second-order valence-electron chi connectivity index (χ2n) is 6.70. The molecule has 1 aromatic carbocycles. The Morgan fingerprint density at radius 2 is 1.86 bits per heavy atom. The van der Waals surface area contributed by atoms with Crippen LogP contribution in [0.25, 0.3) is 0 Å². The molecule has 0 bridgehead atoms. The Kier molecular flexibility index (Phi) is 8.40. The highest BCUT2D eigenvalue weighted by atomic mass is 32.2. The number of amides is 1. The van der Waals surface area contributed by atoms with Gasteiger partial charge in [0, 0.05) is 25.6 Å². The summed E-state index contributed by atoms with van der Waals surface area (Å²) >= 11 is 0. The predicted octanol–water partition coefficient (Wildman–Crippen LogP) is 1.10. The van der Waals surface area contributed by atoms with Crippen LogP contribution in [-0.4, -0.2) is 63.6 Å². The summed E-state index contributed by atoms with van der Waals surface area (Å²) in [5.74, 6) is -0.787. The molecule has 1 N–H and O–H groups in total. The Morgan fingerprint density at radius 1 is 1.21 bits per heavy atom. The van der Waals surface area contributed by atoms with Gasteiger partial charge >= 0.3 is 5.97 Å². The van der Waals surface area contributed by atoms with E-state index >= 15 is 0 Å². The van der Waals surface area contributed by atoms with Crippen molar-refractivity contribution in [3.63, 3.8) is 0 Å². The summed E-state index contributed by atoms with van der Waals surface area (Å²) in [5.41, 5.74) is 0.821. The number of carbonyl (C=O) groups excluding carboxylic acids is 2. The van der Waals surface area contributed by atoms with Crippen molar-refractivity contribution in [2.45, 2.75) is 44.0 Å². The standard InChI is InChI=1S/C19H28N2O6S/c1-3-15(2)20-18(22)14-27-19(23)9-6-16-4-7-17(8-5-16)28(24,25)21-10-12-26-13-11-21/h4-5,7-8,15H,3,6,9-14H2,1-2H3,(H,20,22)/t15-/m1/s1. The maximum Gasteiger partial charge on any atom is 0.306 e. The van der Waals surface area contributed by atoms with Crippen molar-refractivity contribution in [1.82, 2.24) is 9.62 Å². The Morgan fingerprint density at radius 3 is 2.46 bits per heavy atom. The minimum Gasteiger partial charge on any atom is -0.456 e. The third-order valence-electron chi connectivity index (χ3n) is 4.53. The molecule has 1 heterocycles. The van der Waals surface area contributed by atoms with Crippen molar-refractivity contribution in [3.8, 4) is 0 Å². The third-order valence-corrected chi connectivity index (χ3v) is 6.45. The summed E-state index contributed by atoms with van der Waals surface area (Å²) in [6, 6.07) is 6.52. The molecule has 0 aromatic heterocycles. The van der Waals surface area contributed by atoms with E-state index in [-0.39, 0.29) is 29.9 Å². The van der Waals surface area contributed by atoms with Gasteiger partial charge in [-0.05, 0) is 37.5 Å². The number of rotatable bonds is 9. The van der Waals surface area contributed by atoms with Crippen LogP contribution in [0.4, 0.5) is 0 Å². The lowest BCUT2D eigenvalue weighted by atomic mass is 10.1. The molecule has 2 rings (SSSR count). The number of aryl methyl sites for hydroxylation is 1. The van der Waals surface area contributed by atoms with E-state index in [0.29, 0.717) is 32.7 Å². The summed E-state index contributed by atoms with van der Waals surface area (Å²) in [5, 5.41) is 2.72. The first-order valence-electron chi connectivity index (χ1n) is 9.44. The summed E-state index contributed by atoms with van der Waals surface area (Å²) in [4.78, 5) is 23.6. The smallest absolute Gasteiger partial charge is 0.306 e. The van der Waals surface area contributed by atoms with Gasteiger partial charge in [0.15, 0.2) is 6.61 Å². The van der Waals surface area contributed by atoms with E-state index in [4.69, 9.17) is 9.47 Å². The Hall–Kier alpha value is -1.97. The first-order chi connectivity index (χ1) is 13.3. The van der Waals surface area contributed by atoms with Gasteiger partial charge < -0.3 is 14.8 Å². The fourth-order valence-corrected chi connectivity index (χ4v) is 4.06. The quantitative estimate of drug-likeness (QED) is 0.610. The summed E-state index contributed by atoms with van der Waals surface area (Å²) in [6.07, 6.45) is 1.33. The molecule has 0 saturated carbocycles. The Balaban J connectivity index is 1.80. The minimum absolute atomic E-state index is 0.0402. The van der Waals surface area contributed by atoms with E-state index in [2.05, 4.69) is 5.32 Å². The number of hydrogen-bond donors (Lipinski definition) is 1. The average molecular weight is 413 g/mol. The van der Waals surface area contributed by atoms with Gasteiger partial charge in [0.05, 0.1) is 18.1 Å². The number of sulfonamides is 1. The molecule has 8 nitrogen and oxygen atoms in total. The van der Waals surface area contributed by atoms with Crippen LogP contribution >= 0.6 is 0 Å². The van der Waals surface area contributed by atoms with Crippen LogP contribution in [0.15, 0.2) is 29.2 Å². The van der Waals surface area contributed by atoms with Gasteiger partial charge in [-0.2, -0.15) is 4.31 Å². The Labute approximate surface area is 166 Å². The van der Waals surface area contributed by atoms with E-state index in [1.165, 1.54) is 4.31 Å². The number of ether oxygens (including phenoxy) is 2. The van der Waals surface area contributed by atoms with Crippen LogP contribution in [0.5, 0.6) is 0 Å². The van der Waals surface area contributed by atoms with E-state index in [1.807, 2.05) is 13.8 Å².